The zero-order valence-electron chi connectivity index (χ0n) is 12.7. The monoisotopic (exact) mass is 272 g/mol. The summed E-state index contributed by atoms with van der Waals surface area (Å²) in [5.41, 5.74) is 0. The molecule has 1 amide bonds. The number of hydrogen-bond acceptors (Lipinski definition) is 4. The quantitative estimate of drug-likeness (QED) is 0.751. The van der Waals surface area contributed by atoms with E-state index in [1.165, 1.54) is 0 Å². The van der Waals surface area contributed by atoms with Crippen LogP contribution in [-0.2, 0) is 14.3 Å². The lowest BCUT2D eigenvalue weighted by molar-refractivity contribution is -0.144. The molecule has 0 aromatic rings. The summed E-state index contributed by atoms with van der Waals surface area (Å²) < 4.78 is 10.2. The topological polar surface area (TPSA) is 42.0 Å². The number of rotatable bonds is 2. The first-order chi connectivity index (χ1) is 9.02. The summed E-state index contributed by atoms with van der Waals surface area (Å²) in [7, 11) is 0. The van der Waals surface area contributed by atoms with Crippen LogP contribution in [0.1, 0.15) is 27.7 Å². The Labute approximate surface area is 116 Å². The predicted molar refractivity (Wildman–Crippen MR) is 75.2 cm³/mol. The molecule has 2 fully saturated rings. The van der Waals surface area contributed by atoms with Gasteiger partial charge in [0.15, 0.2) is 0 Å². The Morgan fingerprint density at radius 3 is 1.84 bits per heavy atom. The first-order valence-corrected chi connectivity index (χ1v) is 7.21. The van der Waals surface area contributed by atoms with Gasteiger partial charge in [-0.05, 0) is 27.7 Å². The first-order valence-electron chi connectivity index (χ1n) is 7.21. The van der Waals surface area contributed by atoms with E-state index in [1.807, 2.05) is 18.7 Å². The second-order valence-electron chi connectivity index (χ2n) is 5.48. The summed E-state index contributed by atoms with van der Waals surface area (Å²) in [6.45, 7) is 14.2. The average Bonchev–Trinajstić information content (AvgIpc) is 2.40. The van der Waals surface area contributed by atoms with Crippen LogP contribution in [0.15, 0.2) is 0 Å². The smallest absolute Gasteiger partial charge is 0.248 e. The third-order valence-corrected chi connectivity index (χ3v) is 3.42. The molecule has 5 nitrogen and oxygen atoms in total. The van der Waals surface area contributed by atoms with E-state index in [9.17, 15) is 4.79 Å². The molecule has 0 spiro atoms. The van der Waals surface area contributed by atoms with Crippen LogP contribution in [0, 0.1) is 0 Å². The predicted octanol–water partition coefficient (Wildman–Crippen LogP) is 0.981. The van der Waals surface area contributed by atoms with E-state index in [1.54, 1.807) is 0 Å². The van der Waals surface area contributed by atoms with E-state index in [0.29, 0.717) is 18.7 Å². The van der Waals surface area contributed by atoms with Gasteiger partial charge in [0, 0.05) is 31.7 Å². The fourth-order valence-electron chi connectivity index (χ4n) is 2.17. The van der Waals surface area contributed by atoms with Gasteiger partial charge in [0.05, 0.1) is 19.8 Å². The number of carbonyl (C=O) groups excluding carboxylic acids is 1. The van der Waals surface area contributed by atoms with Crippen LogP contribution in [0.25, 0.3) is 0 Å². The highest BCUT2D eigenvalue weighted by molar-refractivity contribution is 5.78. The number of nitrogens with zero attached hydrogens (tertiary/aromatic N) is 2. The minimum atomic E-state index is 0.112. The zero-order valence-corrected chi connectivity index (χ0v) is 12.7. The van der Waals surface area contributed by atoms with Crippen LogP contribution in [0.2, 0.25) is 0 Å². The van der Waals surface area contributed by atoms with Crippen LogP contribution < -0.4 is 0 Å². The van der Waals surface area contributed by atoms with E-state index in [2.05, 4.69) is 18.7 Å². The van der Waals surface area contributed by atoms with Crippen molar-refractivity contribution in [2.45, 2.75) is 39.8 Å². The van der Waals surface area contributed by atoms with E-state index < -0.39 is 0 Å². The Bertz CT molecular complexity index is 263. The van der Waals surface area contributed by atoms with Crippen LogP contribution >= 0.6 is 0 Å². The van der Waals surface area contributed by atoms with E-state index in [-0.39, 0.29) is 12.5 Å². The van der Waals surface area contributed by atoms with Gasteiger partial charge in [-0.2, -0.15) is 0 Å². The van der Waals surface area contributed by atoms with Crippen molar-refractivity contribution in [2.24, 2.45) is 0 Å². The summed E-state index contributed by atoms with van der Waals surface area (Å²) in [6.07, 6.45) is 0. The molecule has 5 heteroatoms. The largest absolute Gasteiger partial charge is 0.379 e. The molecule has 0 aliphatic carbocycles. The van der Waals surface area contributed by atoms with Gasteiger partial charge in [-0.1, -0.05) is 0 Å². The molecule has 0 bridgehead atoms. The summed E-state index contributed by atoms with van der Waals surface area (Å²) >= 11 is 0. The maximum Gasteiger partial charge on any atom is 0.248 e. The van der Waals surface area contributed by atoms with Gasteiger partial charge in [-0.15, -0.1) is 0 Å². The van der Waals surface area contributed by atoms with Gasteiger partial charge in [0.25, 0.3) is 0 Å². The molecule has 0 atom stereocenters. The molecule has 2 saturated heterocycles. The highest BCUT2D eigenvalue weighted by Gasteiger charge is 2.20. The van der Waals surface area contributed by atoms with Crippen LogP contribution in [0.4, 0.5) is 0 Å². The molecule has 19 heavy (non-hydrogen) atoms. The molecule has 2 aliphatic rings. The van der Waals surface area contributed by atoms with Crippen LogP contribution in [0.5, 0.6) is 0 Å². The summed E-state index contributed by atoms with van der Waals surface area (Å²) in [4.78, 5) is 15.3. The molecule has 0 aromatic carbocycles. The van der Waals surface area contributed by atoms with Crippen molar-refractivity contribution in [3.05, 3.63) is 0 Å². The van der Waals surface area contributed by atoms with Crippen molar-refractivity contribution in [3.8, 4) is 0 Å². The fraction of sp³-hybridized carbons (Fsp3) is 0.929. The molecule has 112 valence electrons. The molecule has 0 N–H and O–H groups in total. The minimum absolute atomic E-state index is 0.112. The normalized spacial score (nSPS) is 21.6. The molecule has 2 aliphatic heterocycles. The Morgan fingerprint density at radius 1 is 0.895 bits per heavy atom. The molecule has 2 heterocycles. The molecule has 0 saturated carbocycles. The lowest BCUT2D eigenvalue weighted by Crippen LogP contribution is -2.45. The van der Waals surface area contributed by atoms with Crippen molar-refractivity contribution in [1.82, 2.24) is 9.80 Å². The number of morpholine rings is 2. The maximum absolute atomic E-state index is 11.0. The van der Waals surface area contributed by atoms with E-state index in [4.69, 9.17) is 9.47 Å². The number of ether oxygens (including phenoxy) is 2. The van der Waals surface area contributed by atoms with Gasteiger partial charge in [-0.25, -0.2) is 0 Å². The lowest BCUT2D eigenvalue weighted by atomic mass is 10.3. The van der Waals surface area contributed by atoms with E-state index >= 15 is 0 Å². The minimum Gasteiger partial charge on any atom is -0.379 e. The lowest BCUT2D eigenvalue weighted by Gasteiger charge is -2.30. The van der Waals surface area contributed by atoms with Crippen molar-refractivity contribution >= 4 is 5.91 Å². The SMILES string of the molecule is CC(C)N1CCOCC1.CC(C)N1CCOCC1=O. The van der Waals surface area contributed by atoms with Gasteiger partial charge in [0.2, 0.25) is 5.91 Å². The van der Waals surface area contributed by atoms with Crippen molar-refractivity contribution < 1.29 is 14.3 Å². The third-order valence-electron chi connectivity index (χ3n) is 3.42. The number of amides is 1. The Hall–Kier alpha value is -0.650. The first kappa shape index (κ1) is 16.4. The second-order valence-corrected chi connectivity index (χ2v) is 5.48. The van der Waals surface area contributed by atoms with Gasteiger partial charge in [0.1, 0.15) is 6.61 Å². The maximum atomic E-state index is 11.0. The molecule has 0 unspecified atom stereocenters. The standard InChI is InChI=1S/C7H13NO2.C7H15NO/c1-6(2)8-3-4-10-5-7(8)9;1-7(2)8-3-5-9-6-4-8/h6H,3-5H2,1-2H3;7H,3-6H2,1-2H3. The Morgan fingerprint density at radius 2 is 1.47 bits per heavy atom. The zero-order chi connectivity index (χ0) is 14.3. The molecule has 0 radical (unpaired) electrons. The Kier molecular flexibility index (Phi) is 7.34. The molecule has 2 rings (SSSR count). The van der Waals surface area contributed by atoms with Gasteiger partial charge >= 0.3 is 0 Å². The molecular formula is C14H28N2O3. The average molecular weight is 272 g/mol. The summed E-state index contributed by atoms with van der Waals surface area (Å²) in [6, 6.07) is 1.00. The number of carbonyl (C=O) groups is 1. The van der Waals surface area contributed by atoms with Gasteiger partial charge < -0.3 is 14.4 Å². The second kappa shape index (κ2) is 8.51. The third kappa shape index (κ3) is 5.89. The van der Waals surface area contributed by atoms with E-state index in [0.717, 1.165) is 32.8 Å². The van der Waals surface area contributed by atoms with Crippen LogP contribution in [-0.4, -0.2) is 73.9 Å². The van der Waals surface area contributed by atoms with Gasteiger partial charge in [-0.3, -0.25) is 9.69 Å². The molecule has 0 aromatic heterocycles. The molecular weight excluding hydrogens is 244 g/mol. The highest BCUT2D eigenvalue weighted by Crippen LogP contribution is 2.03. The Balaban J connectivity index is 0.000000191. The summed E-state index contributed by atoms with van der Waals surface area (Å²) in [5.74, 6) is 0.112. The van der Waals surface area contributed by atoms with Crippen molar-refractivity contribution in [2.75, 3.05) is 46.1 Å². The number of hydrogen-bond donors (Lipinski definition) is 0. The highest BCUT2D eigenvalue weighted by atomic mass is 16.5. The van der Waals surface area contributed by atoms with Crippen LogP contribution in [0.3, 0.4) is 0 Å². The fourth-order valence-corrected chi connectivity index (χ4v) is 2.17. The summed E-state index contributed by atoms with van der Waals surface area (Å²) in [5, 5.41) is 0. The van der Waals surface area contributed by atoms with Crippen molar-refractivity contribution in [3.63, 3.8) is 0 Å². The van der Waals surface area contributed by atoms with Crippen molar-refractivity contribution in [1.29, 1.82) is 0 Å².